The van der Waals surface area contributed by atoms with Gasteiger partial charge in [-0.2, -0.15) is 0 Å². The fraction of sp³-hybridized carbons (Fsp3) is 0.269. The molecule has 37 heavy (non-hydrogen) atoms. The molecule has 10 nitrogen and oxygen atoms in total. The van der Waals surface area contributed by atoms with Crippen LogP contribution < -0.4 is 22.3 Å². The molecule has 1 amide bonds. The highest BCUT2D eigenvalue weighted by atomic mass is 32.2. The van der Waals surface area contributed by atoms with Gasteiger partial charge in [0.1, 0.15) is 11.4 Å². The molecule has 0 bridgehead atoms. The number of thioether (sulfide) groups is 1. The summed E-state index contributed by atoms with van der Waals surface area (Å²) in [5, 5.41) is 2.78. The molecule has 1 aromatic heterocycles. The first-order chi connectivity index (χ1) is 17.6. The van der Waals surface area contributed by atoms with Crippen LogP contribution in [0, 0.1) is 13.8 Å². The minimum absolute atomic E-state index is 0.00824. The largest absolute Gasteiger partial charge is 0.457 e. The third kappa shape index (κ3) is 6.98. The summed E-state index contributed by atoms with van der Waals surface area (Å²) in [7, 11) is 1.24. The molecule has 11 heteroatoms. The van der Waals surface area contributed by atoms with Crippen LogP contribution in [0.4, 0.5) is 11.5 Å². The Labute approximate surface area is 217 Å². The van der Waals surface area contributed by atoms with Crippen molar-refractivity contribution in [3.8, 4) is 0 Å². The normalized spacial score (nSPS) is 10.7. The molecule has 0 aliphatic carbocycles. The summed E-state index contributed by atoms with van der Waals surface area (Å²) in [6.45, 7) is 3.17. The topological polar surface area (TPSA) is 142 Å². The zero-order valence-corrected chi connectivity index (χ0v) is 21.6. The second-order valence-electron chi connectivity index (χ2n) is 8.42. The number of ketones is 1. The third-order valence-electron chi connectivity index (χ3n) is 5.52. The molecule has 3 rings (SSSR count). The highest BCUT2D eigenvalue weighted by molar-refractivity contribution is 8.00. The SMILES string of the molecule is Cc1ccc(NC(=O)CSCC(=O)OCC(=O)c2c(N)n(Cc3ccccc3)c(=O)n(C)c2=O)c(C)c1. The molecule has 2 aromatic carbocycles. The number of hydrogen-bond acceptors (Lipinski definition) is 8. The summed E-state index contributed by atoms with van der Waals surface area (Å²) in [6, 6.07) is 14.6. The van der Waals surface area contributed by atoms with Crippen LogP contribution in [0.5, 0.6) is 0 Å². The fourth-order valence-electron chi connectivity index (χ4n) is 3.59. The van der Waals surface area contributed by atoms with Crippen molar-refractivity contribution < 1.29 is 19.1 Å². The summed E-state index contributed by atoms with van der Waals surface area (Å²) in [5.41, 5.74) is 7.53. The number of ether oxygens (including phenoxy) is 1. The molecule has 0 fully saturated rings. The molecule has 194 valence electrons. The van der Waals surface area contributed by atoms with Gasteiger partial charge in [0.15, 0.2) is 6.61 Å². The van der Waals surface area contributed by atoms with Crippen LogP contribution in [0.1, 0.15) is 27.0 Å². The van der Waals surface area contributed by atoms with Crippen LogP contribution in [-0.4, -0.2) is 44.9 Å². The third-order valence-corrected chi connectivity index (χ3v) is 6.43. The summed E-state index contributed by atoms with van der Waals surface area (Å²) in [4.78, 5) is 62.2. The Kier molecular flexibility index (Phi) is 9.07. The van der Waals surface area contributed by atoms with E-state index in [9.17, 15) is 24.0 Å². The fourth-order valence-corrected chi connectivity index (χ4v) is 4.20. The van der Waals surface area contributed by atoms with Gasteiger partial charge in [0.25, 0.3) is 5.56 Å². The second-order valence-corrected chi connectivity index (χ2v) is 9.41. The van der Waals surface area contributed by atoms with Gasteiger partial charge in [-0.25, -0.2) is 4.79 Å². The van der Waals surface area contributed by atoms with Crippen molar-refractivity contribution in [2.75, 3.05) is 29.2 Å². The lowest BCUT2D eigenvalue weighted by Crippen LogP contribution is -2.43. The summed E-state index contributed by atoms with van der Waals surface area (Å²) < 4.78 is 6.91. The maximum Gasteiger partial charge on any atom is 0.332 e. The van der Waals surface area contributed by atoms with Crippen molar-refractivity contribution in [2.45, 2.75) is 20.4 Å². The number of benzene rings is 2. The molecule has 0 unspecified atom stereocenters. The van der Waals surface area contributed by atoms with Crippen LogP contribution in [0.15, 0.2) is 58.1 Å². The number of nitrogens with one attached hydrogen (secondary N) is 1. The van der Waals surface area contributed by atoms with E-state index in [0.717, 1.165) is 37.6 Å². The zero-order chi connectivity index (χ0) is 27.1. The first kappa shape index (κ1) is 27.5. The number of amides is 1. The summed E-state index contributed by atoms with van der Waals surface area (Å²) in [6.07, 6.45) is 0. The van der Waals surface area contributed by atoms with Crippen molar-refractivity contribution in [1.82, 2.24) is 9.13 Å². The number of esters is 1. The predicted molar refractivity (Wildman–Crippen MR) is 143 cm³/mol. The van der Waals surface area contributed by atoms with E-state index in [2.05, 4.69) is 5.32 Å². The first-order valence-electron chi connectivity index (χ1n) is 11.4. The number of aromatic nitrogens is 2. The van der Waals surface area contributed by atoms with E-state index in [1.165, 1.54) is 7.05 Å². The molecule has 0 atom stereocenters. The Morgan fingerprint density at radius 3 is 2.41 bits per heavy atom. The van der Waals surface area contributed by atoms with Crippen LogP contribution >= 0.6 is 11.8 Å². The molecular weight excluding hydrogens is 496 g/mol. The number of carbonyl (C=O) groups is 3. The van der Waals surface area contributed by atoms with Gasteiger partial charge in [-0.05, 0) is 31.0 Å². The molecule has 0 saturated heterocycles. The predicted octanol–water partition coefficient (Wildman–Crippen LogP) is 1.89. The van der Waals surface area contributed by atoms with E-state index in [-0.39, 0.29) is 29.8 Å². The van der Waals surface area contributed by atoms with Gasteiger partial charge in [-0.15, -0.1) is 11.8 Å². The van der Waals surface area contributed by atoms with E-state index in [1.54, 1.807) is 24.3 Å². The molecule has 3 N–H and O–H groups in total. The maximum absolute atomic E-state index is 12.7. The van der Waals surface area contributed by atoms with Gasteiger partial charge in [0.05, 0.1) is 18.1 Å². The average Bonchev–Trinajstić information content (AvgIpc) is 2.86. The number of hydrogen-bond donors (Lipinski definition) is 2. The Morgan fingerprint density at radius 1 is 1.03 bits per heavy atom. The Balaban J connectivity index is 1.57. The van der Waals surface area contributed by atoms with Crippen molar-refractivity contribution in [2.24, 2.45) is 7.05 Å². The van der Waals surface area contributed by atoms with Gasteiger partial charge in [-0.3, -0.25) is 28.3 Å². The van der Waals surface area contributed by atoms with Crippen LogP contribution in [-0.2, 0) is 27.9 Å². The number of Topliss-reactive ketones (excluding diaryl/α,β-unsaturated/α-hetero) is 1. The minimum atomic E-state index is -0.870. The van der Waals surface area contributed by atoms with Crippen LogP contribution in [0.3, 0.4) is 0 Å². The van der Waals surface area contributed by atoms with E-state index >= 15 is 0 Å². The van der Waals surface area contributed by atoms with Crippen LogP contribution in [0.25, 0.3) is 0 Å². The number of nitrogen functional groups attached to an aromatic ring is 1. The van der Waals surface area contributed by atoms with Gasteiger partial charge in [0.2, 0.25) is 11.7 Å². The zero-order valence-electron chi connectivity index (χ0n) is 20.8. The lowest BCUT2D eigenvalue weighted by molar-refractivity contribution is -0.139. The van der Waals surface area contributed by atoms with E-state index < -0.39 is 35.2 Å². The van der Waals surface area contributed by atoms with Gasteiger partial charge >= 0.3 is 11.7 Å². The number of nitrogens with zero attached hydrogens (tertiary/aromatic N) is 2. The van der Waals surface area contributed by atoms with Crippen molar-refractivity contribution in [3.05, 3.63) is 91.6 Å². The standard InChI is InChI=1S/C26H28N4O6S/c1-16-9-10-19(17(2)11-16)28-21(32)14-37-15-22(33)36-13-20(31)23-24(27)30(26(35)29(3)25(23)34)12-18-7-5-4-6-8-18/h4-11H,12-15,27H2,1-3H3,(H,28,32). The maximum atomic E-state index is 12.7. The van der Waals surface area contributed by atoms with Gasteiger partial charge in [0, 0.05) is 12.7 Å². The van der Waals surface area contributed by atoms with Crippen molar-refractivity contribution in [1.29, 1.82) is 0 Å². The van der Waals surface area contributed by atoms with E-state index in [4.69, 9.17) is 10.5 Å². The lowest BCUT2D eigenvalue weighted by atomic mass is 10.1. The van der Waals surface area contributed by atoms with E-state index in [0.29, 0.717) is 5.69 Å². The lowest BCUT2D eigenvalue weighted by Gasteiger charge is -2.14. The molecule has 0 aliphatic heterocycles. The number of anilines is 2. The number of aryl methyl sites for hydroxylation is 2. The number of carbonyl (C=O) groups excluding carboxylic acids is 3. The Morgan fingerprint density at radius 2 is 1.73 bits per heavy atom. The summed E-state index contributed by atoms with van der Waals surface area (Å²) >= 11 is 1.03. The number of rotatable bonds is 10. The smallest absolute Gasteiger partial charge is 0.332 e. The molecule has 0 aliphatic rings. The van der Waals surface area contributed by atoms with Crippen molar-refractivity contribution in [3.63, 3.8) is 0 Å². The monoisotopic (exact) mass is 524 g/mol. The molecular formula is C26H28N4O6S. The number of nitrogens with two attached hydrogens (primary N) is 1. The van der Waals surface area contributed by atoms with Crippen LogP contribution in [0.2, 0.25) is 0 Å². The molecule has 0 saturated carbocycles. The van der Waals surface area contributed by atoms with Gasteiger partial charge in [-0.1, -0.05) is 48.0 Å². The summed E-state index contributed by atoms with van der Waals surface area (Å²) in [5.74, 6) is -2.30. The Hall–Kier alpha value is -4.12. The average molecular weight is 525 g/mol. The minimum Gasteiger partial charge on any atom is -0.457 e. The highest BCUT2D eigenvalue weighted by Gasteiger charge is 2.23. The Bertz CT molecular complexity index is 1450. The molecule has 1 heterocycles. The van der Waals surface area contributed by atoms with Gasteiger partial charge < -0.3 is 15.8 Å². The first-order valence-corrected chi connectivity index (χ1v) is 12.5. The molecule has 0 radical (unpaired) electrons. The highest BCUT2D eigenvalue weighted by Crippen LogP contribution is 2.16. The van der Waals surface area contributed by atoms with Crippen molar-refractivity contribution >= 4 is 40.9 Å². The second kappa shape index (κ2) is 12.2. The quantitative estimate of drug-likeness (QED) is 0.302. The molecule has 0 spiro atoms. The molecule has 3 aromatic rings. The van der Waals surface area contributed by atoms with E-state index in [1.807, 2.05) is 38.1 Å².